The molecule has 1 spiro atoms. The van der Waals surface area contributed by atoms with E-state index < -0.39 is 0 Å². The van der Waals surface area contributed by atoms with Crippen LogP contribution in [-0.4, -0.2) is 0 Å². The van der Waals surface area contributed by atoms with Gasteiger partial charge in [0, 0.05) is 5.41 Å². The summed E-state index contributed by atoms with van der Waals surface area (Å²) in [6.45, 7) is 16.4. The van der Waals surface area contributed by atoms with Gasteiger partial charge >= 0.3 is 0 Å². The first-order valence-electron chi connectivity index (χ1n) is 11.1. The Morgan fingerprint density at radius 3 is 2.62 bits per heavy atom. The molecule has 0 aromatic rings. The summed E-state index contributed by atoms with van der Waals surface area (Å²) in [4.78, 5) is 0. The second-order valence-corrected chi connectivity index (χ2v) is 11.0. The minimum atomic E-state index is 0.328. The lowest BCUT2D eigenvalue weighted by molar-refractivity contribution is 0.00757. The summed E-state index contributed by atoms with van der Waals surface area (Å²) in [6.07, 6.45) is 17.2. The summed E-state index contributed by atoms with van der Waals surface area (Å²) in [7, 11) is 0. The second kappa shape index (κ2) is 5.27. The molecule has 0 aromatic heterocycles. The molecule has 3 saturated carbocycles. The maximum absolute atomic E-state index is 4.38. The molecule has 140 valence electrons. The van der Waals surface area contributed by atoms with Gasteiger partial charge in [0.1, 0.15) is 0 Å². The van der Waals surface area contributed by atoms with Gasteiger partial charge in [-0.15, -0.1) is 0 Å². The maximum Gasteiger partial charge on any atom is 0.0102 e. The van der Waals surface area contributed by atoms with Crippen LogP contribution in [0.5, 0.6) is 0 Å². The molecule has 0 heteroatoms. The highest BCUT2D eigenvalue weighted by molar-refractivity contribution is 5.44. The van der Waals surface area contributed by atoms with E-state index in [0.29, 0.717) is 16.2 Å². The Kier molecular flexibility index (Phi) is 3.46. The molecule has 0 bridgehead atoms. The van der Waals surface area contributed by atoms with E-state index in [2.05, 4.69) is 46.1 Å². The lowest BCUT2D eigenvalue weighted by Crippen LogP contribution is -2.49. The Morgan fingerprint density at radius 1 is 1.08 bits per heavy atom. The average molecular weight is 349 g/mol. The predicted octanol–water partition coefficient (Wildman–Crippen LogP) is 7.40. The van der Waals surface area contributed by atoms with Gasteiger partial charge < -0.3 is 0 Å². The molecule has 5 aliphatic carbocycles. The van der Waals surface area contributed by atoms with E-state index in [1.807, 2.05) is 5.57 Å². The Bertz CT molecular complexity index is 748. The Balaban J connectivity index is 1.59. The van der Waals surface area contributed by atoms with Crippen LogP contribution in [0.2, 0.25) is 0 Å². The summed E-state index contributed by atoms with van der Waals surface area (Å²) < 4.78 is 0. The Morgan fingerprint density at radius 2 is 1.88 bits per heavy atom. The molecule has 0 nitrogen and oxygen atoms in total. The van der Waals surface area contributed by atoms with Crippen molar-refractivity contribution in [1.82, 2.24) is 0 Å². The number of hydrogen-bond acceptors (Lipinski definition) is 0. The highest BCUT2D eigenvalue weighted by Gasteiger charge is 2.63. The third kappa shape index (κ3) is 1.97. The van der Waals surface area contributed by atoms with Gasteiger partial charge in [-0.1, -0.05) is 68.4 Å². The van der Waals surface area contributed by atoms with Crippen molar-refractivity contribution in [3.05, 3.63) is 47.6 Å². The smallest absolute Gasteiger partial charge is 0.0102 e. The van der Waals surface area contributed by atoms with Crippen molar-refractivity contribution in [2.75, 3.05) is 0 Å². The molecule has 0 N–H and O–H groups in total. The summed E-state index contributed by atoms with van der Waals surface area (Å²) >= 11 is 0. The highest BCUT2D eigenvalue weighted by atomic mass is 14.7. The summed E-state index contributed by atoms with van der Waals surface area (Å²) in [5.74, 6) is 2.50. The van der Waals surface area contributed by atoms with Gasteiger partial charge in [-0.3, -0.25) is 0 Å². The molecule has 26 heavy (non-hydrogen) atoms. The third-order valence-corrected chi connectivity index (χ3v) is 9.87. The molecule has 0 heterocycles. The molecule has 0 saturated heterocycles. The van der Waals surface area contributed by atoms with E-state index in [1.165, 1.54) is 68.9 Å². The van der Waals surface area contributed by atoms with E-state index in [4.69, 9.17) is 0 Å². The maximum atomic E-state index is 4.38. The fourth-order valence-electron chi connectivity index (χ4n) is 8.25. The number of allylic oxidation sites excluding steroid dienone is 6. The number of fused-ring (bicyclic) bond motifs is 6. The standard InChI is InChI=1S/C26H36/c1-17-6-10-24(4)20(14-17)15-19(3)23-21(24)8-11-25(5)22(23)9-13-26(25)12-7-18(2)16-26/h8,14,19,22-23H,1-2,6-7,9-13,15-16H2,3-5H3/t19-,22?,23?,24?,25?,26-/m1/s1. The predicted molar refractivity (Wildman–Crippen MR) is 111 cm³/mol. The Labute approximate surface area is 160 Å². The largest absolute Gasteiger partial charge is 0.0998 e. The summed E-state index contributed by atoms with van der Waals surface area (Å²) in [6, 6.07) is 0. The monoisotopic (exact) mass is 348 g/mol. The van der Waals surface area contributed by atoms with Crippen LogP contribution < -0.4 is 0 Å². The lowest BCUT2D eigenvalue weighted by atomic mass is 9.47. The third-order valence-electron chi connectivity index (χ3n) is 9.87. The van der Waals surface area contributed by atoms with Crippen molar-refractivity contribution in [1.29, 1.82) is 0 Å². The molecular weight excluding hydrogens is 312 g/mol. The first-order valence-corrected chi connectivity index (χ1v) is 11.1. The van der Waals surface area contributed by atoms with Crippen molar-refractivity contribution in [3.8, 4) is 0 Å². The van der Waals surface area contributed by atoms with Gasteiger partial charge in [0.2, 0.25) is 0 Å². The normalized spacial score (nSPS) is 50.2. The van der Waals surface area contributed by atoms with Gasteiger partial charge in [0.15, 0.2) is 0 Å². The van der Waals surface area contributed by atoms with Crippen molar-refractivity contribution >= 4 is 0 Å². The minimum absolute atomic E-state index is 0.328. The van der Waals surface area contributed by atoms with E-state index in [9.17, 15) is 0 Å². The van der Waals surface area contributed by atoms with Crippen molar-refractivity contribution in [2.24, 2.45) is 34.0 Å². The quantitative estimate of drug-likeness (QED) is 0.400. The lowest BCUT2D eigenvalue weighted by Gasteiger charge is -2.57. The van der Waals surface area contributed by atoms with E-state index in [1.54, 1.807) is 5.57 Å². The highest BCUT2D eigenvalue weighted by Crippen LogP contribution is 2.72. The molecule has 4 unspecified atom stereocenters. The van der Waals surface area contributed by atoms with Crippen LogP contribution in [0.15, 0.2) is 47.6 Å². The van der Waals surface area contributed by atoms with E-state index in [0.717, 1.165) is 17.8 Å². The zero-order chi connectivity index (χ0) is 18.3. The summed E-state index contributed by atoms with van der Waals surface area (Å²) in [5.41, 5.74) is 7.80. The van der Waals surface area contributed by atoms with Crippen LogP contribution in [0.4, 0.5) is 0 Å². The van der Waals surface area contributed by atoms with Crippen LogP contribution in [0, 0.1) is 34.0 Å². The van der Waals surface area contributed by atoms with Gasteiger partial charge in [-0.05, 0) is 86.4 Å². The van der Waals surface area contributed by atoms with Crippen molar-refractivity contribution < 1.29 is 0 Å². The molecule has 3 fully saturated rings. The van der Waals surface area contributed by atoms with Crippen LogP contribution in [-0.2, 0) is 0 Å². The molecule has 5 aliphatic rings. The fraction of sp³-hybridized carbons (Fsp3) is 0.692. The van der Waals surface area contributed by atoms with Crippen LogP contribution >= 0.6 is 0 Å². The zero-order valence-corrected chi connectivity index (χ0v) is 17.2. The first-order chi connectivity index (χ1) is 12.3. The molecule has 0 radical (unpaired) electrons. The second-order valence-electron chi connectivity index (χ2n) is 11.0. The van der Waals surface area contributed by atoms with Crippen LogP contribution in [0.3, 0.4) is 0 Å². The molecule has 0 aliphatic heterocycles. The average Bonchev–Trinajstić information content (AvgIpc) is 3.11. The van der Waals surface area contributed by atoms with Crippen LogP contribution in [0.25, 0.3) is 0 Å². The van der Waals surface area contributed by atoms with Crippen molar-refractivity contribution in [2.45, 2.75) is 78.6 Å². The number of hydrogen-bond donors (Lipinski definition) is 0. The van der Waals surface area contributed by atoms with E-state index in [-0.39, 0.29) is 0 Å². The van der Waals surface area contributed by atoms with Gasteiger partial charge in [0.05, 0.1) is 0 Å². The molecule has 0 amide bonds. The molecular formula is C26H36. The number of rotatable bonds is 0. The topological polar surface area (TPSA) is 0 Å². The van der Waals surface area contributed by atoms with Gasteiger partial charge in [-0.2, -0.15) is 0 Å². The first kappa shape index (κ1) is 17.1. The van der Waals surface area contributed by atoms with Gasteiger partial charge in [0.25, 0.3) is 0 Å². The molecule has 0 aromatic carbocycles. The molecule has 6 atom stereocenters. The van der Waals surface area contributed by atoms with Gasteiger partial charge in [-0.25, -0.2) is 0 Å². The zero-order valence-electron chi connectivity index (χ0n) is 17.2. The van der Waals surface area contributed by atoms with Crippen LogP contribution in [0.1, 0.15) is 78.6 Å². The molecule has 5 rings (SSSR count). The Hall–Kier alpha value is -1.04. The minimum Gasteiger partial charge on any atom is -0.0998 e. The SMILES string of the molecule is C=C1C=C2C[C@@H](C)C3C(=CCC4(C)C3CC[C@@]43CCC(=C)C3)C2(C)CC1. The van der Waals surface area contributed by atoms with E-state index >= 15 is 0 Å². The fourth-order valence-corrected chi connectivity index (χ4v) is 8.25. The van der Waals surface area contributed by atoms with Crippen molar-refractivity contribution in [3.63, 3.8) is 0 Å². The summed E-state index contributed by atoms with van der Waals surface area (Å²) in [5, 5.41) is 0.